The van der Waals surface area contributed by atoms with Gasteiger partial charge in [-0.1, -0.05) is 122 Å². The topological polar surface area (TPSA) is 0 Å². The van der Waals surface area contributed by atoms with Crippen LogP contribution in [-0.4, -0.2) is 10.2 Å². The molecule has 0 amide bonds. The first kappa shape index (κ1) is 20.2. The van der Waals surface area contributed by atoms with Crippen LogP contribution in [0.3, 0.4) is 0 Å². The van der Waals surface area contributed by atoms with Crippen molar-refractivity contribution in [2.75, 3.05) is 0 Å². The molecule has 0 spiro atoms. The molecule has 20 heavy (non-hydrogen) atoms. The summed E-state index contributed by atoms with van der Waals surface area (Å²) in [6.07, 6.45) is 25.1. The van der Waals surface area contributed by atoms with E-state index >= 15 is 0 Å². The number of rotatable bonds is 17. The lowest BCUT2D eigenvalue weighted by Gasteiger charge is -2.03. The van der Waals surface area contributed by atoms with Crippen LogP contribution in [0.25, 0.3) is 0 Å². The van der Waals surface area contributed by atoms with Crippen molar-refractivity contribution in [2.45, 2.75) is 122 Å². The molecule has 0 unspecified atom stereocenters. The van der Waals surface area contributed by atoms with Crippen molar-refractivity contribution in [1.29, 1.82) is 0 Å². The first-order valence-electron chi connectivity index (χ1n) is 9.71. The first-order valence-corrected chi connectivity index (χ1v) is 10.7. The Balaban J connectivity index is 2.89. The molecule has 121 valence electrons. The molecule has 0 aliphatic heterocycles. The average molecular weight is 298 g/mol. The highest BCUT2D eigenvalue weighted by atomic mass is 28.1. The summed E-state index contributed by atoms with van der Waals surface area (Å²) >= 11 is 0. The molecule has 0 aromatic rings. The van der Waals surface area contributed by atoms with Crippen LogP contribution in [-0.2, 0) is 0 Å². The maximum Gasteiger partial charge on any atom is 0.00797 e. The van der Waals surface area contributed by atoms with Gasteiger partial charge in [0.25, 0.3) is 0 Å². The van der Waals surface area contributed by atoms with Crippen LogP contribution in [0.15, 0.2) is 0 Å². The summed E-state index contributed by atoms with van der Waals surface area (Å²) < 4.78 is 0. The van der Waals surface area contributed by atoms with Crippen LogP contribution in [0, 0.1) is 0 Å². The third kappa shape index (κ3) is 18.2. The van der Waals surface area contributed by atoms with Crippen molar-refractivity contribution < 1.29 is 0 Å². The highest BCUT2D eigenvalue weighted by Gasteiger charge is 1.94. The van der Waals surface area contributed by atoms with E-state index in [4.69, 9.17) is 0 Å². The van der Waals surface area contributed by atoms with Gasteiger partial charge in [0.1, 0.15) is 0 Å². The van der Waals surface area contributed by atoms with E-state index < -0.39 is 0 Å². The zero-order valence-electron chi connectivity index (χ0n) is 14.4. The largest absolute Gasteiger partial charge is 0.0654 e. The third-order valence-electron chi connectivity index (χ3n) is 4.35. The van der Waals surface area contributed by atoms with Crippen LogP contribution < -0.4 is 0 Å². The fourth-order valence-corrected chi connectivity index (χ4v) is 3.26. The molecule has 0 heterocycles. The summed E-state index contributed by atoms with van der Waals surface area (Å²) in [5, 5.41) is 0. The molecule has 0 aliphatic carbocycles. The molecule has 0 aromatic carbocycles. The minimum absolute atomic E-state index is 1.37. The normalized spacial score (nSPS) is 11.1. The van der Waals surface area contributed by atoms with Crippen molar-refractivity contribution in [3.05, 3.63) is 0 Å². The summed E-state index contributed by atoms with van der Waals surface area (Å²) in [6, 6.07) is 1.40. The minimum atomic E-state index is 1.37. The van der Waals surface area contributed by atoms with E-state index in [9.17, 15) is 0 Å². The van der Waals surface area contributed by atoms with E-state index in [1.165, 1.54) is 115 Å². The first-order chi connectivity index (χ1) is 9.91. The Morgan fingerprint density at radius 2 is 0.650 bits per heavy atom. The zero-order chi connectivity index (χ0) is 14.7. The van der Waals surface area contributed by atoms with Gasteiger partial charge in [-0.25, -0.2) is 0 Å². The summed E-state index contributed by atoms with van der Waals surface area (Å²) in [7, 11) is 2.12. The van der Waals surface area contributed by atoms with Crippen molar-refractivity contribution in [3.63, 3.8) is 0 Å². The fourth-order valence-electron chi connectivity index (χ4n) is 2.90. The predicted molar refractivity (Wildman–Crippen MR) is 97.5 cm³/mol. The molecule has 1 heteroatoms. The molecule has 0 bridgehead atoms. The zero-order valence-corrected chi connectivity index (χ0v) is 15.8. The van der Waals surface area contributed by atoms with Gasteiger partial charge in [-0.15, -0.1) is 0 Å². The molecular weight excluding hydrogens is 256 g/mol. The second-order valence-corrected chi connectivity index (χ2v) is 7.22. The molecule has 0 saturated heterocycles. The smallest absolute Gasteiger partial charge is 0.00797 e. The van der Waals surface area contributed by atoms with Gasteiger partial charge in [-0.05, 0) is 0 Å². The molecular formula is C19H41Si. The third-order valence-corrected chi connectivity index (χ3v) is 4.85. The Hall–Kier alpha value is 0.217. The molecule has 1 radical (unpaired) electrons. The van der Waals surface area contributed by atoms with Gasteiger partial charge >= 0.3 is 0 Å². The second-order valence-electron chi connectivity index (χ2n) is 6.51. The van der Waals surface area contributed by atoms with Crippen molar-refractivity contribution >= 4 is 10.2 Å². The fraction of sp³-hybridized carbons (Fsp3) is 1.00. The molecule has 0 nitrogen and oxygen atoms in total. The Kier molecular flexibility index (Phi) is 19.4. The molecule has 0 atom stereocenters. The van der Waals surface area contributed by atoms with Crippen molar-refractivity contribution in [3.8, 4) is 0 Å². The van der Waals surface area contributed by atoms with Crippen LogP contribution in [0.4, 0.5) is 0 Å². The van der Waals surface area contributed by atoms with E-state index in [0.29, 0.717) is 0 Å². The van der Waals surface area contributed by atoms with E-state index in [2.05, 4.69) is 17.2 Å². The van der Waals surface area contributed by atoms with E-state index in [1.54, 1.807) is 0 Å². The number of hydrogen-bond donors (Lipinski definition) is 0. The van der Waals surface area contributed by atoms with Crippen LogP contribution >= 0.6 is 0 Å². The van der Waals surface area contributed by atoms with Gasteiger partial charge in [-0.2, -0.15) is 0 Å². The Morgan fingerprint density at radius 3 is 0.900 bits per heavy atom. The van der Waals surface area contributed by atoms with Gasteiger partial charge in [0.15, 0.2) is 0 Å². The Labute approximate surface area is 132 Å². The van der Waals surface area contributed by atoms with Gasteiger partial charge in [0, 0.05) is 10.2 Å². The predicted octanol–water partition coefficient (Wildman–Crippen LogP) is 6.69. The maximum absolute atomic E-state index is 2.30. The van der Waals surface area contributed by atoms with E-state index in [0.717, 1.165) is 0 Å². The standard InChI is InChI=1S/C19H41Si/c1-2-3-4-5-6-7-8-9-10-11-12-13-14-15-16-17-18-19-20/h2-20H2,1H3. The van der Waals surface area contributed by atoms with Crippen LogP contribution in [0.5, 0.6) is 0 Å². The second kappa shape index (κ2) is 19.2. The molecule has 0 fully saturated rings. The van der Waals surface area contributed by atoms with Crippen LogP contribution in [0.2, 0.25) is 6.04 Å². The maximum atomic E-state index is 2.30. The Morgan fingerprint density at radius 1 is 0.400 bits per heavy atom. The molecule has 0 aromatic heterocycles. The molecule has 0 aliphatic rings. The summed E-state index contributed by atoms with van der Waals surface area (Å²) in [5.41, 5.74) is 0. The van der Waals surface area contributed by atoms with Gasteiger partial charge in [0.2, 0.25) is 0 Å². The molecule has 0 N–H and O–H groups in total. The lowest BCUT2D eigenvalue weighted by Crippen LogP contribution is -1.83. The van der Waals surface area contributed by atoms with E-state index in [-0.39, 0.29) is 0 Å². The van der Waals surface area contributed by atoms with Crippen molar-refractivity contribution in [2.24, 2.45) is 0 Å². The SMILES string of the molecule is CCCCCCCCCCCCCCCCCCC[SiH2]. The monoisotopic (exact) mass is 297 g/mol. The number of unbranched alkanes of at least 4 members (excludes halogenated alkanes) is 16. The van der Waals surface area contributed by atoms with Crippen molar-refractivity contribution in [1.82, 2.24) is 0 Å². The lowest BCUT2D eigenvalue weighted by molar-refractivity contribution is 0.529. The quantitative estimate of drug-likeness (QED) is 0.207. The highest BCUT2D eigenvalue weighted by Crippen LogP contribution is 2.14. The minimum Gasteiger partial charge on any atom is -0.0654 e. The van der Waals surface area contributed by atoms with Gasteiger partial charge < -0.3 is 0 Å². The van der Waals surface area contributed by atoms with Gasteiger partial charge in [0.05, 0.1) is 0 Å². The van der Waals surface area contributed by atoms with E-state index in [1.807, 2.05) is 0 Å². The average Bonchev–Trinajstić information content (AvgIpc) is 2.47. The molecule has 0 saturated carbocycles. The Bertz CT molecular complexity index is 138. The summed E-state index contributed by atoms with van der Waals surface area (Å²) in [5.74, 6) is 0. The van der Waals surface area contributed by atoms with Gasteiger partial charge in [-0.3, -0.25) is 0 Å². The number of hydrogen-bond acceptors (Lipinski definition) is 0. The summed E-state index contributed by atoms with van der Waals surface area (Å²) in [4.78, 5) is 0. The highest BCUT2D eigenvalue weighted by molar-refractivity contribution is 6.08. The lowest BCUT2D eigenvalue weighted by atomic mass is 10.0. The summed E-state index contributed by atoms with van der Waals surface area (Å²) in [6.45, 7) is 2.30. The molecule has 0 rings (SSSR count). The van der Waals surface area contributed by atoms with Crippen LogP contribution in [0.1, 0.15) is 116 Å².